The number of hydrogen-bond acceptors (Lipinski definition) is 4. The topological polar surface area (TPSA) is 39.7 Å². The summed E-state index contributed by atoms with van der Waals surface area (Å²) in [5.41, 5.74) is 3.09. The Hall–Kier alpha value is -2.40. The molecule has 30 heavy (non-hydrogen) atoms. The summed E-state index contributed by atoms with van der Waals surface area (Å²) in [5.74, 6) is 2.13. The molecule has 158 valence electrons. The molecule has 0 heterocycles. The van der Waals surface area contributed by atoms with E-state index < -0.39 is 0 Å². The molecule has 1 N–H and O–H groups in total. The van der Waals surface area contributed by atoms with Gasteiger partial charge in [0, 0.05) is 29.2 Å². The van der Waals surface area contributed by atoms with E-state index in [1.54, 1.807) is 7.11 Å². The van der Waals surface area contributed by atoms with Crippen LogP contribution in [-0.4, -0.2) is 13.7 Å². The van der Waals surface area contributed by atoms with Gasteiger partial charge in [0.1, 0.15) is 12.4 Å². The first-order chi connectivity index (χ1) is 14.6. The van der Waals surface area contributed by atoms with Gasteiger partial charge in [-0.05, 0) is 53.9 Å². The molecule has 0 aliphatic carbocycles. The Kier molecular flexibility index (Phi) is 8.26. The molecule has 0 saturated carbocycles. The summed E-state index contributed by atoms with van der Waals surface area (Å²) >= 11 is 12.6. The van der Waals surface area contributed by atoms with E-state index in [0.717, 1.165) is 23.4 Å². The molecular weight excluding hydrogens is 421 g/mol. The van der Waals surface area contributed by atoms with Crippen molar-refractivity contribution >= 4 is 23.2 Å². The third-order valence-corrected chi connectivity index (χ3v) is 5.09. The van der Waals surface area contributed by atoms with Crippen LogP contribution in [-0.2, 0) is 19.7 Å². The molecule has 0 aromatic heterocycles. The van der Waals surface area contributed by atoms with Crippen molar-refractivity contribution in [1.29, 1.82) is 0 Å². The van der Waals surface area contributed by atoms with Crippen molar-refractivity contribution in [2.75, 3.05) is 13.7 Å². The second kappa shape index (κ2) is 11.1. The molecule has 3 aromatic carbocycles. The molecule has 0 saturated heterocycles. The van der Waals surface area contributed by atoms with Gasteiger partial charge in [-0.2, -0.15) is 0 Å². The lowest BCUT2D eigenvalue weighted by atomic mass is 10.1. The van der Waals surface area contributed by atoms with E-state index in [0.29, 0.717) is 41.3 Å². The van der Waals surface area contributed by atoms with Crippen molar-refractivity contribution < 1.29 is 14.2 Å². The molecule has 0 amide bonds. The van der Waals surface area contributed by atoms with Gasteiger partial charge in [0.25, 0.3) is 0 Å². The average molecular weight is 446 g/mol. The predicted molar refractivity (Wildman–Crippen MR) is 122 cm³/mol. The summed E-state index contributed by atoms with van der Waals surface area (Å²) in [6, 6.07) is 19.3. The van der Waals surface area contributed by atoms with E-state index in [1.807, 2.05) is 67.6 Å². The zero-order valence-electron chi connectivity index (χ0n) is 17.1. The fourth-order valence-electron chi connectivity index (χ4n) is 2.97. The Bertz CT molecular complexity index is 961. The first-order valence-electron chi connectivity index (χ1n) is 9.75. The maximum atomic E-state index is 6.52. The minimum absolute atomic E-state index is 0.381. The Morgan fingerprint density at radius 2 is 1.60 bits per heavy atom. The fourth-order valence-corrected chi connectivity index (χ4v) is 3.40. The molecule has 0 fully saturated rings. The predicted octanol–water partition coefficient (Wildman–Crippen LogP) is 6.27. The van der Waals surface area contributed by atoms with Crippen molar-refractivity contribution in [3.63, 3.8) is 0 Å². The highest BCUT2D eigenvalue weighted by Gasteiger charge is 2.12. The minimum atomic E-state index is 0.381. The number of halogens is 2. The van der Waals surface area contributed by atoms with Gasteiger partial charge in [-0.3, -0.25) is 0 Å². The molecule has 0 aliphatic heterocycles. The van der Waals surface area contributed by atoms with Gasteiger partial charge in [-0.15, -0.1) is 0 Å². The Labute approximate surface area is 187 Å². The van der Waals surface area contributed by atoms with Crippen LogP contribution in [0.25, 0.3) is 0 Å². The van der Waals surface area contributed by atoms with E-state index in [-0.39, 0.29) is 0 Å². The molecule has 0 atom stereocenters. The monoisotopic (exact) mass is 445 g/mol. The van der Waals surface area contributed by atoms with E-state index in [2.05, 4.69) is 5.32 Å². The van der Waals surface area contributed by atoms with Crippen molar-refractivity contribution in [1.82, 2.24) is 5.32 Å². The van der Waals surface area contributed by atoms with Gasteiger partial charge in [0.2, 0.25) is 0 Å². The van der Waals surface area contributed by atoms with Crippen LogP contribution in [0.1, 0.15) is 23.6 Å². The summed E-state index contributed by atoms with van der Waals surface area (Å²) in [6.45, 7) is 4.19. The number of rotatable bonds is 10. The zero-order valence-corrected chi connectivity index (χ0v) is 18.6. The average Bonchev–Trinajstić information content (AvgIpc) is 2.75. The number of benzene rings is 3. The van der Waals surface area contributed by atoms with E-state index in [9.17, 15) is 0 Å². The quantitative estimate of drug-likeness (QED) is 0.399. The molecule has 0 bridgehead atoms. The molecule has 3 rings (SSSR count). The van der Waals surface area contributed by atoms with Crippen molar-refractivity contribution in [2.45, 2.75) is 26.6 Å². The van der Waals surface area contributed by atoms with Crippen LogP contribution in [0.3, 0.4) is 0 Å². The largest absolute Gasteiger partial charge is 0.497 e. The zero-order chi connectivity index (χ0) is 21.3. The molecule has 4 nitrogen and oxygen atoms in total. The smallest absolute Gasteiger partial charge is 0.163 e. The van der Waals surface area contributed by atoms with Crippen LogP contribution in [0.15, 0.2) is 60.7 Å². The highest BCUT2D eigenvalue weighted by atomic mass is 35.5. The molecule has 0 radical (unpaired) electrons. The van der Waals surface area contributed by atoms with Crippen LogP contribution in [0.2, 0.25) is 10.0 Å². The fraction of sp³-hybridized carbons (Fsp3) is 0.250. The van der Waals surface area contributed by atoms with Crippen LogP contribution in [0, 0.1) is 0 Å². The summed E-state index contributed by atoms with van der Waals surface area (Å²) in [5, 5.41) is 4.72. The van der Waals surface area contributed by atoms with Crippen LogP contribution in [0.5, 0.6) is 17.2 Å². The highest BCUT2D eigenvalue weighted by Crippen LogP contribution is 2.34. The van der Waals surface area contributed by atoms with Crippen LogP contribution < -0.4 is 19.5 Å². The van der Waals surface area contributed by atoms with Gasteiger partial charge in [0.05, 0.1) is 13.7 Å². The second-order valence-corrected chi connectivity index (χ2v) is 7.54. The van der Waals surface area contributed by atoms with Gasteiger partial charge < -0.3 is 19.5 Å². The number of methoxy groups -OCH3 is 1. The van der Waals surface area contributed by atoms with E-state index >= 15 is 0 Å². The number of nitrogens with one attached hydrogen (secondary N) is 1. The number of hydrogen-bond donors (Lipinski definition) is 1. The van der Waals surface area contributed by atoms with Gasteiger partial charge >= 0.3 is 0 Å². The van der Waals surface area contributed by atoms with E-state index in [4.69, 9.17) is 37.4 Å². The summed E-state index contributed by atoms with van der Waals surface area (Å²) in [4.78, 5) is 0. The Morgan fingerprint density at radius 3 is 2.30 bits per heavy atom. The van der Waals surface area contributed by atoms with Gasteiger partial charge in [-0.1, -0.05) is 47.5 Å². The Morgan fingerprint density at radius 1 is 0.833 bits per heavy atom. The summed E-state index contributed by atoms with van der Waals surface area (Å²) in [6.07, 6.45) is 0. The van der Waals surface area contributed by atoms with Gasteiger partial charge in [-0.25, -0.2) is 0 Å². The van der Waals surface area contributed by atoms with Crippen molar-refractivity contribution in [3.05, 3.63) is 87.4 Å². The lowest BCUT2D eigenvalue weighted by molar-refractivity contribution is 0.269. The maximum absolute atomic E-state index is 6.52. The normalized spacial score (nSPS) is 10.7. The molecule has 0 aliphatic rings. The maximum Gasteiger partial charge on any atom is 0.163 e. The minimum Gasteiger partial charge on any atom is -0.497 e. The van der Waals surface area contributed by atoms with Gasteiger partial charge in [0.15, 0.2) is 11.5 Å². The Balaban J connectivity index is 1.65. The van der Waals surface area contributed by atoms with E-state index in [1.165, 1.54) is 5.56 Å². The molecular formula is C24H25Cl2NO3. The first kappa shape index (κ1) is 22.3. The number of ether oxygens (including phenoxy) is 3. The van der Waals surface area contributed by atoms with Crippen LogP contribution in [0.4, 0.5) is 0 Å². The van der Waals surface area contributed by atoms with Crippen LogP contribution >= 0.6 is 23.2 Å². The summed E-state index contributed by atoms with van der Waals surface area (Å²) < 4.78 is 16.9. The molecule has 6 heteroatoms. The molecule has 0 unspecified atom stereocenters. The molecule has 0 spiro atoms. The van der Waals surface area contributed by atoms with Crippen molar-refractivity contribution in [2.24, 2.45) is 0 Å². The lowest BCUT2D eigenvalue weighted by Gasteiger charge is -2.15. The second-order valence-electron chi connectivity index (χ2n) is 6.69. The molecule has 3 aromatic rings. The SMILES string of the molecule is CCOc1cc(CNCc2ccc(OC)cc2)c(Cl)cc1OCc1cccc(Cl)c1. The summed E-state index contributed by atoms with van der Waals surface area (Å²) in [7, 11) is 1.66. The third-order valence-electron chi connectivity index (χ3n) is 4.50. The standard InChI is InChI=1S/C24H25Cl2NO3/c1-3-29-23-12-19(15-27-14-17-7-9-21(28-2)10-8-17)22(26)13-24(23)30-16-18-5-4-6-20(25)11-18/h4-13,27H,3,14-16H2,1-2H3. The highest BCUT2D eigenvalue weighted by molar-refractivity contribution is 6.31. The lowest BCUT2D eigenvalue weighted by Crippen LogP contribution is -2.13. The third kappa shape index (κ3) is 6.30. The first-order valence-corrected chi connectivity index (χ1v) is 10.5. The van der Waals surface area contributed by atoms with Crippen molar-refractivity contribution in [3.8, 4) is 17.2 Å².